The first-order valence-corrected chi connectivity index (χ1v) is 10.9. The Morgan fingerprint density at radius 3 is 2.46 bits per heavy atom. The van der Waals surface area contributed by atoms with E-state index in [1.807, 2.05) is 24.0 Å². The van der Waals surface area contributed by atoms with Crippen molar-refractivity contribution in [3.05, 3.63) is 34.9 Å². The van der Waals surface area contributed by atoms with Crippen molar-refractivity contribution in [1.29, 1.82) is 0 Å². The van der Waals surface area contributed by atoms with Crippen LogP contribution in [0.25, 0.3) is 0 Å². The highest BCUT2D eigenvalue weighted by molar-refractivity contribution is 7.86. The molecule has 26 heavy (non-hydrogen) atoms. The monoisotopic (exact) mass is 399 g/mol. The third-order valence-electron chi connectivity index (χ3n) is 5.17. The molecule has 0 N–H and O–H groups in total. The predicted molar refractivity (Wildman–Crippen MR) is 102 cm³/mol. The molecule has 2 fully saturated rings. The summed E-state index contributed by atoms with van der Waals surface area (Å²) in [5.74, 6) is -0.0888. The van der Waals surface area contributed by atoms with Gasteiger partial charge in [-0.15, -0.1) is 0 Å². The van der Waals surface area contributed by atoms with Gasteiger partial charge in [-0.1, -0.05) is 23.7 Å². The standard InChI is InChI=1S/C18H26ClN3O3S/c1-15-5-2-3-12-22(15)18(23)14-21-11-4-10-20(26(21,24)25)13-16-6-8-17(19)9-7-16/h6-9,15H,2-5,10-14H2,1H3/t15-/m0/s1. The topological polar surface area (TPSA) is 60.9 Å². The van der Waals surface area contributed by atoms with E-state index in [2.05, 4.69) is 0 Å². The molecule has 2 saturated heterocycles. The number of carbonyl (C=O) groups is 1. The van der Waals surface area contributed by atoms with Gasteiger partial charge in [0.05, 0.1) is 6.54 Å². The molecule has 0 unspecified atom stereocenters. The van der Waals surface area contributed by atoms with Crippen LogP contribution in [-0.4, -0.2) is 60.1 Å². The molecule has 2 aliphatic heterocycles. The Balaban J connectivity index is 1.68. The zero-order valence-corrected chi connectivity index (χ0v) is 16.7. The van der Waals surface area contributed by atoms with Crippen LogP contribution in [0.5, 0.6) is 0 Å². The van der Waals surface area contributed by atoms with Gasteiger partial charge in [-0.3, -0.25) is 4.79 Å². The molecule has 0 aliphatic carbocycles. The van der Waals surface area contributed by atoms with E-state index in [9.17, 15) is 13.2 Å². The first kappa shape index (κ1) is 19.6. The van der Waals surface area contributed by atoms with Crippen molar-refractivity contribution in [3.63, 3.8) is 0 Å². The first-order chi connectivity index (χ1) is 12.4. The number of amides is 1. The van der Waals surface area contributed by atoms with Gasteiger partial charge in [-0.05, 0) is 50.3 Å². The molecule has 6 nitrogen and oxygen atoms in total. The maximum Gasteiger partial charge on any atom is 0.282 e. The number of hydrogen-bond donors (Lipinski definition) is 0. The van der Waals surface area contributed by atoms with Crippen molar-refractivity contribution in [1.82, 2.24) is 13.5 Å². The fraction of sp³-hybridized carbons (Fsp3) is 0.611. The molecule has 0 saturated carbocycles. The Morgan fingerprint density at radius 2 is 1.77 bits per heavy atom. The minimum absolute atomic E-state index is 0.0657. The van der Waals surface area contributed by atoms with Gasteiger partial charge < -0.3 is 4.90 Å². The Bertz CT molecular complexity index is 739. The third-order valence-corrected chi connectivity index (χ3v) is 7.36. The molecule has 0 radical (unpaired) electrons. The van der Waals surface area contributed by atoms with E-state index in [4.69, 9.17) is 11.6 Å². The van der Waals surface area contributed by atoms with Crippen LogP contribution in [0.1, 0.15) is 38.2 Å². The third kappa shape index (κ3) is 4.39. The molecule has 1 amide bonds. The summed E-state index contributed by atoms with van der Waals surface area (Å²) in [4.78, 5) is 14.5. The number of likely N-dealkylation sites (tertiary alicyclic amines) is 1. The van der Waals surface area contributed by atoms with Crippen LogP contribution in [0.3, 0.4) is 0 Å². The molecule has 1 atom stereocenters. The van der Waals surface area contributed by atoms with Crippen LogP contribution in [0.15, 0.2) is 24.3 Å². The lowest BCUT2D eigenvalue weighted by Crippen LogP contribution is -2.54. The largest absolute Gasteiger partial charge is 0.339 e. The normalized spacial score (nSPS) is 24.5. The lowest BCUT2D eigenvalue weighted by atomic mass is 10.0. The van der Waals surface area contributed by atoms with E-state index in [-0.39, 0.29) is 18.5 Å². The summed E-state index contributed by atoms with van der Waals surface area (Å²) in [6.07, 6.45) is 3.82. The van der Waals surface area contributed by atoms with Gasteiger partial charge in [0.25, 0.3) is 10.2 Å². The number of piperidine rings is 1. The lowest BCUT2D eigenvalue weighted by molar-refractivity contribution is -0.134. The summed E-state index contributed by atoms with van der Waals surface area (Å²) in [5, 5.41) is 0.623. The van der Waals surface area contributed by atoms with E-state index in [1.165, 1.54) is 8.61 Å². The average Bonchev–Trinajstić information content (AvgIpc) is 2.60. The summed E-state index contributed by atoms with van der Waals surface area (Å²) >= 11 is 5.89. The molecule has 8 heteroatoms. The molecule has 3 rings (SSSR count). The van der Waals surface area contributed by atoms with Crippen LogP contribution in [0.4, 0.5) is 0 Å². The van der Waals surface area contributed by atoms with Crippen molar-refractivity contribution in [2.24, 2.45) is 0 Å². The number of carbonyl (C=O) groups excluding carboxylic acids is 1. The Hall–Kier alpha value is -1.15. The molecule has 0 spiro atoms. The number of hydrogen-bond acceptors (Lipinski definition) is 3. The van der Waals surface area contributed by atoms with E-state index >= 15 is 0 Å². The number of benzene rings is 1. The van der Waals surface area contributed by atoms with Crippen LogP contribution >= 0.6 is 11.6 Å². The number of rotatable bonds is 4. The second-order valence-corrected chi connectivity index (χ2v) is 9.45. The van der Waals surface area contributed by atoms with Crippen molar-refractivity contribution in [2.45, 2.75) is 45.2 Å². The predicted octanol–water partition coefficient (Wildman–Crippen LogP) is 2.49. The second kappa shape index (κ2) is 8.25. The Morgan fingerprint density at radius 1 is 1.08 bits per heavy atom. The lowest BCUT2D eigenvalue weighted by Gasteiger charge is -2.38. The Labute approximate surface area is 160 Å². The fourth-order valence-corrected chi connectivity index (χ4v) is 5.40. The molecule has 1 aromatic rings. The fourth-order valence-electron chi connectivity index (χ4n) is 3.64. The van der Waals surface area contributed by atoms with Gasteiger partial charge >= 0.3 is 0 Å². The number of nitrogens with zero attached hydrogens (tertiary/aromatic N) is 3. The zero-order valence-electron chi connectivity index (χ0n) is 15.1. The van der Waals surface area contributed by atoms with Gasteiger partial charge in [-0.2, -0.15) is 17.0 Å². The average molecular weight is 400 g/mol. The molecule has 0 aromatic heterocycles. The summed E-state index contributed by atoms with van der Waals surface area (Å²) in [6, 6.07) is 7.36. The Kier molecular flexibility index (Phi) is 6.22. The maximum absolute atomic E-state index is 12.9. The summed E-state index contributed by atoms with van der Waals surface area (Å²) < 4.78 is 28.7. The van der Waals surface area contributed by atoms with Crippen molar-refractivity contribution in [3.8, 4) is 0 Å². The smallest absolute Gasteiger partial charge is 0.282 e. The summed E-state index contributed by atoms with van der Waals surface area (Å²) in [7, 11) is -3.64. The molecule has 2 aliphatic rings. The van der Waals surface area contributed by atoms with Gasteiger partial charge in [0.2, 0.25) is 5.91 Å². The SMILES string of the molecule is C[C@H]1CCCCN1C(=O)CN1CCCN(Cc2ccc(Cl)cc2)S1(=O)=O. The van der Waals surface area contributed by atoms with Crippen molar-refractivity contribution in [2.75, 3.05) is 26.2 Å². The summed E-state index contributed by atoms with van der Waals surface area (Å²) in [5.41, 5.74) is 0.885. The molecule has 144 valence electrons. The molecule has 1 aromatic carbocycles. The van der Waals surface area contributed by atoms with Crippen molar-refractivity contribution < 1.29 is 13.2 Å². The highest BCUT2D eigenvalue weighted by Crippen LogP contribution is 2.22. The van der Waals surface area contributed by atoms with E-state index in [1.54, 1.807) is 12.1 Å². The minimum atomic E-state index is -3.64. The minimum Gasteiger partial charge on any atom is -0.339 e. The molecule has 0 bridgehead atoms. The van der Waals surface area contributed by atoms with Gasteiger partial charge in [-0.25, -0.2) is 0 Å². The highest BCUT2D eigenvalue weighted by atomic mass is 35.5. The molecular formula is C18H26ClN3O3S. The van der Waals surface area contributed by atoms with Crippen LogP contribution in [0.2, 0.25) is 5.02 Å². The summed E-state index contributed by atoms with van der Waals surface area (Å²) in [6.45, 7) is 3.86. The van der Waals surface area contributed by atoms with Crippen LogP contribution in [-0.2, 0) is 21.5 Å². The maximum atomic E-state index is 12.9. The highest BCUT2D eigenvalue weighted by Gasteiger charge is 2.36. The van der Waals surface area contributed by atoms with E-state index in [0.717, 1.165) is 37.8 Å². The molecule has 2 heterocycles. The first-order valence-electron chi connectivity index (χ1n) is 9.17. The van der Waals surface area contributed by atoms with E-state index < -0.39 is 10.2 Å². The van der Waals surface area contributed by atoms with E-state index in [0.29, 0.717) is 24.7 Å². The zero-order chi connectivity index (χ0) is 18.7. The van der Waals surface area contributed by atoms with Crippen LogP contribution in [0, 0.1) is 0 Å². The van der Waals surface area contributed by atoms with Crippen molar-refractivity contribution >= 4 is 27.7 Å². The molecular weight excluding hydrogens is 374 g/mol. The van der Waals surface area contributed by atoms with Gasteiger partial charge in [0.15, 0.2) is 0 Å². The van der Waals surface area contributed by atoms with Crippen LogP contribution < -0.4 is 0 Å². The second-order valence-electron chi connectivity index (χ2n) is 7.09. The number of halogens is 1. The van der Waals surface area contributed by atoms with Gasteiger partial charge in [0.1, 0.15) is 0 Å². The van der Waals surface area contributed by atoms with Gasteiger partial charge in [0, 0.05) is 37.2 Å². The quantitative estimate of drug-likeness (QED) is 0.781.